The smallest absolute Gasteiger partial charge is 0.126 e. The van der Waals surface area contributed by atoms with Gasteiger partial charge in [0.15, 0.2) is 0 Å². The molecule has 3 rings (SSSR count). The molecule has 1 nitrogen and oxygen atoms in total. The van der Waals surface area contributed by atoms with Crippen LogP contribution in [-0.2, 0) is 18.6 Å². The number of rotatable bonds is 5. The molecule has 112 valence electrons. The highest BCUT2D eigenvalue weighted by molar-refractivity contribution is 7.98. The number of hydrogen-bond acceptors (Lipinski definition) is 3. The molecule has 0 radical (unpaired) electrons. The lowest BCUT2D eigenvalue weighted by Crippen LogP contribution is -2.22. The molecule has 0 aliphatic carbocycles. The lowest BCUT2D eigenvalue weighted by atomic mass is 10.0. The molecule has 1 aromatic heterocycles. The first-order valence-electron chi connectivity index (χ1n) is 7.44. The second-order valence-corrected chi connectivity index (χ2v) is 7.58. The van der Waals surface area contributed by atoms with Crippen LogP contribution >= 0.6 is 23.1 Å². The van der Waals surface area contributed by atoms with Crippen LogP contribution < -0.4 is 5.32 Å². The zero-order valence-corrected chi connectivity index (χ0v) is 13.8. The summed E-state index contributed by atoms with van der Waals surface area (Å²) in [6.07, 6.45) is 1.90. The van der Waals surface area contributed by atoms with E-state index in [9.17, 15) is 4.39 Å². The molecular formula is C17H20FNS2. The Morgan fingerprint density at radius 3 is 2.95 bits per heavy atom. The topological polar surface area (TPSA) is 12.0 Å². The van der Waals surface area contributed by atoms with Gasteiger partial charge in [0, 0.05) is 21.5 Å². The summed E-state index contributed by atoms with van der Waals surface area (Å²) in [6, 6.07) is 9.66. The third kappa shape index (κ3) is 3.50. The largest absolute Gasteiger partial charge is 0.309 e. The predicted molar refractivity (Wildman–Crippen MR) is 90.7 cm³/mol. The molecule has 4 heteroatoms. The van der Waals surface area contributed by atoms with Crippen LogP contribution in [0.2, 0.25) is 0 Å². The molecule has 1 unspecified atom stereocenters. The van der Waals surface area contributed by atoms with Gasteiger partial charge in [-0.1, -0.05) is 25.1 Å². The van der Waals surface area contributed by atoms with E-state index in [1.54, 1.807) is 12.1 Å². The zero-order chi connectivity index (χ0) is 14.7. The van der Waals surface area contributed by atoms with Crippen LogP contribution in [-0.4, -0.2) is 12.3 Å². The Labute approximate surface area is 134 Å². The van der Waals surface area contributed by atoms with E-state index in [0.29, 0.717) is 6.42 Å². The average Bonchev–Trinajstić information content (AvgIpc) is 2.93. The van der Waals surface area contributed by atoms with Crippen molar-refractivity contribution in [3.8, 4) is 0 Å². The third-order valence-corrected chi connectivity index (χ3v) is 6.18. The fraction of sp³-hybridized carbons (Fsp3) is 0.412. The molecule has 0 fully saturated rings. The maximum absolute atomic E-state index is 13.9. The van der Waals surface area contributed by atoms with E-state index in [1.165, 1.54) is 27.5 Å². The van der Waals surface area contributed by atoms with Crippen LogP contribution in [0.1, 0.15) is 33.8 Å². The first-order valence-corrected chi connectivity index (χ1v) is 9.41. The van der Waals surface area contributed by atoms with Gasteiger partial charge in [0.2, 0.25) is 0 Å². The van der Waals surface area contributed by atoms with Gasteiger partial charge in [-0.3, -0.25) is 0 Å². The molecule has 1 atom stereocenters. The quantitative estimate of drug-likeness (QED) is 0.866. The number of fused-ring (bicyclic) bond motifs is 1. The minimum absolute atomic E-state index is 0.0997. The van der Waals surface area contributed by atoms with Crippen molar-refractivity contribution < 1.29 is 4.39 Å². The average molecular weight is 321 g/mol. The van der Waals surface area contributed by atoms with Gasteiger partial charge in [0.25, 0.3) is 0 Å². The van der Waals surface area contributed by atoms with Crippen LogP contribution in [0, 0.1) is 5.82 Å². The summed E-state index contributed by atoms with van der Waals surface area (Å²) in [5.74, 6) is 2.26. The molecule has 0 saturated heterocycles. The normalized spacial score (nSPS) is 15.7. The van der Waals surface area contributed by atoms with Gasteiger partial charge in [0.1, 0.15) is 5.82 Å². The fourth-order valence-electron chi connectivity index (χ4n) is 2.75. The van der Waals surface area contributed by atoms with Crippen LogP contribution in [0.4, 0.5) is 4.39 Å². The Morgan fingerprint density at radius 1 is 1.33 bits per heavy atom. The van der Waals surface area contributed by atoms with Gasteiger partial charge < -0.3 is 5.32 Å². The number of nitrogens with one attached hydrogen (secondary N) is 1. The zero-order valence-electron chi connectivity index (χ0n) is 12.2. The summed E-state index contributed by atoms with van der Waals surface area (Å²) in [5.41, 5.74) is 2.28. The van der Waals surface area contributed by atoms with Crippen molar-refractivity contribution >= 4 is 23.1 Å². The summed E-state index contributed by atoms with van der Waals surface area (Å²) < 4.78 is 13.9. The van der Waals surface area contributed by atoms with E-state index in [2.05, 4.69) is 18.3 Å². The monoisotopic (exact) mass is 321 g/mol. The van der Waals surface area contributed by atoms with E-state index in [1.807, 2.05) is 35.2 Å². The van der Waals surface area contributed by atoms with Crippen molar-refractivity contribution in [2.75, 3.05) is 12.3 Å². The van der Waals surface area contributed by atoms with Crippen LogP contribution in [0.3, 0.4) is 0 Å². The molecule has 0 saturated carbocycles. The molecule has 21 heavy (non-hydrogen) atoms. The fourth-order valence-corrected chi connectivity index (χ4v) is 5.20. The van der Waals surface area contributed by atoms with Crippen LogP contribution in [0.15, 0.2) is 30.3 Å². The van der Waals surface area contributed by atoms with Gasteiger partial charge in [-0.2, -0.15) is 11.8 Å². The van der Waals surface area contributed by atoms with E-state index in [-0.39, 0.29) is 11.9 Å². The Bertz CT molecular complexity index is 585. The van der Waals surface area contributed by atoms with Crippen molar-refractivity contribution in [3.63, 3.8) is 0 Å². The van der Waals surface area contributed by atoms with Crippen molar-refractivity contribution in [1.29, 1.82) is 0 Å². The lowest BCUT2D eigenvalue weighted by molar-refractivity contribution is 0.534. The number of thioether (sulfide) groups is 1. The van der Waals surface area contributed by atoms with Gasteiger partial charge in [-0.25, -0.2) is 4.39 Å². The highest BCUT2D eigenvalue weighted by Gasteiger charge is 2.20. The Morgan fingerprint density at radius 2 is 2.19 bits per heavy atom. The number of likely N-dealkylation sites (N-methyl/N-ethyl adjacent to an activating group) is 1. The Kier molecular flexibility index (Phi) is 4.99. The van der Waals surface area contributed by atoms with Gasteiger partial charge in [-0.05, 0) is 48.4 Å². The SMILES string of the molecule is CCNC(Cc1ccccc1F)c1cc2c(s1)CCSC2. The molecule has 0 bridgehead atoms. The summed E-state index contributed by atoms with van der Waals surface area (Å²) >= 11 is 3.92. The van der Waals surface area contributed by atoms with Crippen LogP contribution in [0.25, 0.3) is 0 Å². The molecule has 0 spiro atoms. The van der Waals surface area contributed by atoms with Gasteiger partial charge >= 0.3 is 0 Å². The third-order valence-electron chi connectivity index (χ3n) is 3.82. The molecule has 0 amide bonds. The van der Waals surface area contributed by atoms with Gasteiger partial charge in [0.05, 0.1) is 0 Å². The lowest BCUT2D eigenvalue weighted by Gasteiger charge is -2.17. The van der Waals surface area contributed by atoms with E-state index < -0.39 is 0 Å². The second kappa shape index (κ2) is 6.95. The number of hydrogen-bond donors (Lipinski definition) is 1. The molecule has 1 aromatic carbocycles. The second-order valence-electron chi connectivity index (χ2n) is 5.31. The Hall–Kier alpha value is -0.840. The van der Waals surface area contributed by atoms with Crippen molar-refractivity contribution in [3.05, 3.63) is 57.0 Å². The van der Waals surface area contributed by atoms with Crippen molar-refractivity contribution in [2.45, 2.75) is 31.6 Å². The summed E-state index contributed by atoms with van der Waals surface area (Å²) in [6.45, 7) is 3.01. The number of halogens is 1. The standard InChI is InChI=1S/C17H20FNS2/c1-2-19-15(9-12-5-3-4-6-14(12)18)17-10-13-11-20-8-7-16(13)21-17/h3-6,10,15,19H,2,7-9,11H2,1H3. The van der Waals surface area contributed by atoms with Crippen molar-refractivity contribution in [2.24, 2.45) is 0 Å². The molecule has 1 N–H and O–H groups in total. The Balaban J connectivity index is 1.84. The minimum Gasteiger partial charge on any atom is -0.309 e. The molecule has 2 heterocycles. The van der Waals surface area contributed by atoms with Crippen LogP contribution in [0.5, 0.6) is 0 Å². The predicted octanol–water partition coefficient (Wildman–Crippen LogP) is 4.57. The number of benzene rings is 1. The molecular weight excluding hydrogens is 301 g/mol. The minimum atomic E-state index is -0.0997. The first-order chi connectivity index (χ1) is 10.3. The van der Waals surface area contributed by atoms with Crippen molar-refractivity contribution in [1.82, 2.24) is 5.32 Å². The maximum atomic E-state index is 13.9. The molecule has 1 aliphatic heterocycles. The summed E-state index contributed by atoms with van der Waals surface area (Å²) in [7, 11) is 0. The summed E-state index contributed by atoms with van der Waals surface area (Å²) in [4.78, 5) is 2.88. The van der Waals surface area contributed by atoms with E-state index in [0.717, 1.165) is 17.9 Å². The van der Waals surface area contributed by atoms with E-state index >= 15 is 0 Å². The first kappa shape index (κ1) is 15.1. The number of aryl methyl sites for hydroxylation is 1. The molecule has 2 aromatic rings. The van der Waals surface area contributed by atoms with E-state index in [4.69, 9.17) is 0 Å². The highest BCUT2D eigenvalue weighted by atomic mass is 32.2. The maximum Gasteiger partial charge on any atom is 0.126 e. The number of thiophene rings is 1. The summed E-state index contributed by atoms with van der Waals surface area (Å²) in [5, 5.41) is 3.52. The highest BCUT2D eigenvalue weighted by Crippen LogP contribution is 2.35. The van der Waals surface area contributed by atoms with Gasteiger partial charge in [-0.15, -0.1) is 11.3 Å². The molecule has 1 aliphatic rings.